The Morgan fingerprint density at radius 2 is 2.10 bits per heavy atom. The van der Waals surface area contributed by atoms with Crippen molar-refractivity contribution in [2.75, 3.05) is 18.0 Å². The van der Waals surface area contributed by atoms with Crippen LogP contribution in [0.25, 0.3) is 0 Å². The van der Waals surface area contributed by atoms with Crippen molar-refractivity contribution in [2.24, 2.45) is 0 Å². The number of rotatable bonds is 4. The monoisotopic (exact) mass is 291 g/mol. The molecule has 0 aliphatic carbocycles. The number of nitrogens with zero attached hydrogens (tertiary/aromatic N) is 2. The summed E-state index contributed by atoms with van der Waals surface area (Å²) >= 11 is 0. The van der Waals surface area contributed by atoms with Gasteiger partial charge in [-0.15, -0.1) is 0 Å². The Morgan fingerprint density at radius 3 is 2.67 bits per heavy atom. The summed E-state index contributed by atoms with van der Waals surface area (Å²) in [6.45, 7) is 3.99. The lowest BCUT2D eigenvalue weighted by Gasteiger charge is -2.19. The summed E-state index contributed by atoms with van der Waals surface area (Å²) in [5.74, 6) is -0.314. The molecule has 0 saturated carbocycles. The molecule has 1 amide bonds. The van der Waals surface area contributed by atoms with Crippen LogP contribution in [0.15, 0.2) is 18.2 Å². The molecular weight excluding hydrogens is 274 g/mol. The smallest absolute Gasteiger partial charge is 0.293 e. The van der Waals surface area contributed by atoms with Crippen molar-refractivity contribution in [1.82, 2.24) is 5.32 Å². The summed E-state index contributed by atoms with van der Waals surface area (Å²) in [7, 11) is 0. The van der Waals surface area contributed by atoms with Crippen molar-refractivity contribution in [3.63, 3.8) is 0 Å². The predicted molar refractivity (Wildman–Crippen MR) is 77.5 cm³/mol. The number of Topliss-reactive ketones (excluding diaryl/α,β-unsaturated/α-hetero) is 1. The van der Waals surface area contributed by atoms with Crippen molar-refractivity contribution in [2.45, 2.75) is 26.3 Å². The van der Waals surface area contributed by atoms with Gasteiger partial charge in [0, 0.05) is 37.7 Å². The van der Waals surface area contributed by atoms with Crippen LogP contribution in [-0.4, -0.2) is 35.7 Å². The Hall–Kier alpha value is -2.44. The molecule has 1 atom stereocenters. The minimum atomic E-state index is -0.479. The molecule has 1 N–H and O–H groups in total. The summed E-state index contributed by atoms with van der Waals surface area (Å²) in [5.41, 5.74) is 0.729. The number of anilines is 1. The maximum atomic E-state index is 11.3. The van der Waals surface area contributed by atoms with Gasteiger partial charge >= 0.3 is 0 Å². The normalized spacial score (nSPS) is 17.6. The highest BCUT2D eigenvalue weighted by Crippen LogP contribution is 2.31. The van der Waals surface area contributed by atoms with E-state index in [1.165, 1.54) is 19.9 Å². The molecule has 1 aliphatic heterocycles. The number of hydrogen-bond acceptors (Lipinski definition) is 5. The summed E-state index contributed by atoms with van der Waals surface area (Å²) in [6, 6.07) is 4.50. The average molecular weight is 291 g/mol. The van der Waals surface area contributed by atoms with E-state index in [9.17, 15) is 19.7 Å². The Bertz CT molecular complexity index is 600. The molecule has 0 radical (unpaired) electrons. The van der Waals surface area contributed by atoms with E-state index in [2.05, 4.69) is 5.32 Å². The zero-order valence-corrected chi connectivity index (χ0v) is 12.0. The summed E-state index contributed by atoms with van der Waals surface area (Å²) < 4.78 is 0. The van der Waals surface area contributed by atoms with Crippen molar-refractivity contribution >= 4 is 23.1 Å². The third-order valence-corrected chi connectivity index (χ3v) is 3.51. The third kappa shape index (κ3) is 3.36. The highest BCUT2D eigenvalue weighted by molar-refractivity contribution is 5.95. The molecule has 1 aromatic carbocycles. The highest BCUT2D eigenvalue weighted by Gasteiger charge is 2.28. The van der Waals surface area contributed by atoms with Crippen LogP contribution in [0.5, 0.6) is 0 Å². The first-order valence-electron chi connectivity index (χ1n) is 6.70. The van der Waals surface area contributed by atoms with E-state index in [1.807, 2.05) is 4.90 Å². The zero-order valence-electron chi connectivity index (χ0n) is 12.0. The van der Waals surface area contributed by atoms with Gasteiger partial charge in [0.15, 0.2) is 5.78 Å². The van der Waals surface area contributed by atoms with E-state index in [-0.39, 0.29) is 23.4 Å². The first-order chi connectivity index (χ1) is 9.88. The minimum Gasteiger partial charge on any atom is -0.364 e. The number of nitro groups is 1. The Kier molecular flexibility index (Phi) is 4.21. The molecule has 1 heterocycles. The molecule has 1 fully saturated rings. The fourth-order valence-electron chi connectivity index (χ4n) is 2.54. The number of ketones is 1. The van der Waals surface area contributed by atoms with Gasteiger partial charge in [0.05, 0.1) is 4.92 Å². The van der Waals surface area contributed by atoms with Crippen LogP contribution >= 0.6 is 0 Å². The summed E-state index contributed by atoms with van der Waals surface area (Å²) in [4.78, 5) is 35.0. The van der Waals surface area contributed by atoms with Crippen LogP contribution in [0.1, 0.15) is 30.6 Å². The summed E-state index contributed by atoms with van der Waals surface area (Å²) in [6.07, 6.45) is 0.741. The van der Waals surface area contributed by atoms with Gasteiger partial charge in [-0.1, -0.05) is 0 Å². The van der Waals surface area contributed by atoms with Gasteiger partial charge in [0.2, 0.25) is 5.91 Å². The molecule has 7 nitrogen and oxygen atoms in total. The molecular formula is C14H17N3O4. The zero-order chi connectivity index (χ0) is 15.6. The topological polar surface area (TPSA) is 92.6 Å². The first kappa shape index (κ1) is 15.0. The molecule has 21 heavy (non-hydrogen) atoms. The van der Waals surface area contributed by atoms with Gasteiger partial charge in [0.25, 0.3) is 5.69 Å². The molecule has 1 aliphatic rings. The number of nitro benzene ring substituents is 1. The van der Waals surface area contributed by atoms with Crippen molar-refractivity contribution in [3.8, 4) is 0 Å². The fourth-order valence-corrected chi connectivity index (χ4v) is 2.54. The highest BCUT2D eigenvalue weighted by atomic mass is 16.6. The van der Waals surface area contributed by atoms with Crippen LogP contribution in [0.3, 0.4) is 0 Å². The number of carbonyl (C=O) groups is 2. The fraction of sp³-hybridized carbons (Fsp3) is 0.429. The van der Waals surface area contributed by atoms with Gasteiger partial charge in [-0.25, -0.2) is 0 Å². The van der Waals surface area contributed by atoms with E-state index in [1.54, 1.807) is 12.1 Å². The second-order valence-corrected chi connectivity index (χ2v) is 5.15. The standard InChI is InChI=1S/C14H17N3O4/c1-9(18)11-3-4-13(14(7-11)17(20)21)16-6-5-12(8-16)15-10(2)19/h3-4,7,12H,5-6,8H2,1-2H3,(H,15,19). The van der Waals surface area contributed by atoms with E-state index in [0.717, 1.165) is 6.42 Å². The summed E-state index contributed by atoms with van der Waals surface area (Å²) in [5, 5.41) is 14.0. The largest absolute Gasteiger partial charge is 0.364 e. The molecule has 1 aromatic rings. The van der Waals surface area contributed by atoms with E-state index in [0.29, 0.717) is 24.3 Å². The van der Waals surface area contributed by atoms with Crippen LogP contribution in [0.2, 0.25) is 0 Å². The third-order valence-electron chi connectivity index (χ3n) is 3.51. The lowest BCUT2D eigenvalue weighted by atomic mass is 10.1. The van der Waals surface area contributed by atoms with Crippen LogP contribution in [0.4, 0.5) is 11.4 Å². The maximum Gasteiger partial charge on any atom is 0.293 e. The van der Waals surface area contributed by atoms with E-state index >= 15 is 0 Å². The molecule has 1 unspecified atom stereocenters. The van der Waals surface area contributed by atoms with Crippen LogP contribution in [0, 0.1) is 10.1 Å². The second kappa shape index (κ2) is 5.90. The van der Waals surface area contributed by atoms with E-state index < -0.39 is 4.92 Å². The van der Waals surface area contributed by atoms with Gasteiger partial charge < -0.3 is 10.2 Å². The van der Waals surface area contributed by atoms with Gasteiger partial charge in [-0.3, -0.25) is 19.7 Å². The minimum absolute atomic E-state index is 0.00501. The molecule has 0 bridgehead atoms. The Balaban J connectivity index is 2.26. The van der Waals surface area contributed by atoms with Crippen molar-refractivity contribution in [3.05, 3.63) is 33.9 Å². The number of benzene rings is 1. The first-order valence-corrected chi connectivity index (χ1v) is 6.70. The molecule has 7 heteroatoms. The molecule has 0 spiro atoms. The van der Waals surface area contributed by atoms with Crippen molar-refractivity contribution in [1.29, 1.82) is 0 Å². The SMILES string of the molecule is CC(=O)NC1CCN(c2ccc(C(C)=O)cc2[N+](=O)[O-])C1. The number of carbonyl (C=O) groups excluding carboxylic acids is 2. The second-order valence-electron chi connectivity index (χ2n) is 5.15. The maximum absolute atomic E-state index is 11.3. The number of nitrogens with one attached hydrogen (secondary N) is 1. The quantitative estimate of drug-likeness (QED) is 0.515. The number of amides is 1. The average Bonchev–Trinajstić information content (AvgIpc) is 2.85. The molecule has 1 saturated heterocycles. The predicted octanol–water partition coefficient (Wildman–Crippen LogP) is 1.51. The molecule has 0 aromatic heterocycles. The van der Waals surface area contributed by atoms with Gasteiger partial charge in [0.1, 0.15) is 5.69 Å². The Labute approximate surface area is 122 Å². The van der Waals surface area contributed by atoms with Gasteiger partial charge in [-0.2, -0.15) is 0 Å². The van der Waals surface area contributed by atoms with Crippen LogP contribution in [-0.2, 0) is 4.79 Å². The van der Waals surface area contributed by atoms with E-state index in [4.69, 9.17) is 0 Å². The lowest BCUT2D eigenvalue weighted by Crippen LogP contribution is -2.35. The molecule has 2 rings (SSSR count). The van der Waals surface area contributed by atoms with Crippen molar-refractivity contribution < 1.29 is 14.5 Å². The lowest BCUT2D eigenvalue weighted by molar-refractivity contribution is -0.384. The van der Waals surface area contributed by atoms with Crippen LogP contribution < -0.4 is 10.2 Å². The number of hydrogen-bond donors (Lipinski definition) is 1. The Morgan fingerprint density at radius 1 is 1.38 bits per heavy atom. The van der Waals surface area contributed by atoms with Gasteiger partial charge in [-0.05, 0) is 25.5 Å². The molecule has 112 valence electrons.